The fraction of sp³-hybridized carbons (Fsp3) is 0.440. The van der Waals surface area contributed by atoms with E-state index in [-0.39, 0.29) is 11.6 Å². The monoisotopic (exact) mass is 520 g/mol. The van der Waals surface area contributed by atoms with E-state index in [4.69, 9.17) is 9.47 Å². The van der Waals surface area contributed by atoms with Crippen molar-refractivity contribution in [3.05, 3.63) is 58.6 Å². The fourth-order valence-corrected chi connectivity index (χ4v) is 4.52. The number of hydrogen-bond donors (Lipinski definition) is 1. The number of nitrogens with one attached hydrogen (secondary N) is 1. The number of alkyl halides is 3. The van der Waals surface area contributed by atoms with E-state index in [0.29, 0.717) is 43.2 Å². The van der Waals surface area contributed by atoms with Crippen molar-refractivity contribution in [2.24, 2.45) is 5.92 Å². The first-order valence-electron chi connectivity index (χ1n) is 11.6. The molecule has 1 amide bonds. The van der Waals surface area contributed by atoms with Gasteiger partial charge in [0, 0.05) is 34.7 Å². The summed E-state index contributed by atoms with van der Waals surface area (Å²) in [5.74, 6) is 0.733. The Hall–Kier alpha value is -3.05. The lowest BCUT2D eigenvalue weighted by atomic mass is 10.1. The highest BCUT2D eigenvalue weighted by atomic mass is 32.1. The number of ether oxygens (including phenoxy) is 2. The molecule has 2 atom stereocenters. The maximum atomic E-state index is 13.1. The summed E-state index contributed by atoms with van der Waals surface area (Å²) >= 11 is 1.55. The quantitative estimate of drug-likeness (QED) is 0.413. The molecule has 36 heavy (non-hydrogen) atoms. The van der Waals surface area contributed by atoms with Gasteiger partial charge >= 0.3 is 6.18 Å². The number of benzene rings is 1. The van der Waals surface area contributed by atoms with Crippen molar-refractivity contribution in [1.29, 1.82) is 0 Å². The van der Waals surface area contributed by atoms with E-state index in [9.17, 15) is 18.0 Å². The van der Waals surface area contributed by atoms with E-state index in [1.54, 1.807) is 30.4 Å². The van der Waals surface area contributed by atoms with Crippen LogP contribution in [0.15, 0.2) is 36.8 Å². The van der Waals surface area contributed by atoms with E-state index in [1.165, 1.54) is 0 Å². The number of carbonyl (C=O) groups is 1. The molecule has 2 aromatic heterocycles. The molecule has 1 aromatic carbocycles. The van der Waals surface area contributed by atoms with Gasteiger partial charge in [0.2, 0.25) is 0 Å². The van der Waals surface area contributed by atoms with Gasteiger partial charge in [-0.25, -0.2) is 9.97 Å². The average molecular weight is 521 g/mol. The molecule has 0 radical (unpaired) electrons. The number of rotatable bonds is 8. The van der Waals surface area contributed by atoms with Crippen LogP contribution in [0.5, 0.6) is 5.75 Å². The molecular formula is C25H27F3N4O3S. The van der Waals surface area contributed by atoms with Crippen molar-refractivity contribution >= 4 is 17.2 Å². The van der Waals surface area contributed by atoms with E-state index in [0.717, 1.165) is 28.1 Å². The zero-order chi connectivity index (χ0) is 25.9. The minimum Gasteiger partial charge on any atom is -0.493 e. The standard InChI is InChI=1S/C25H27F3N4O3S/c1-14(2)21-10-31-24(36-21)18-6-17(7-19(8-18)35-13-16-4-5-34-12-16)23(33)32-15(3)20-9-30-22(11-29-20)25(26,27)28/h6-11,14-16H,4-5,12-13H2,1-3H3,(H,32,33)/t15-,16-/m1/s1. The van der Waals surface area contributed by atoms with Crippen molar-refractivity contribution < 1.29 is 27.4 Å². The van der Waals surface area contributed by atoms with Gasteiger partial charge in [-0.2, -0.15) is 13.2 Å². The maximum absolute atomic E-state index is 13.1. The third kappa shape index (κ3) is 6.38. The molecule has 0 saturated carbocycles. The molecule has 7 nitrogen and oxygen atoms in total. The predicted molar refractivity (Wildman–Crippen MR) is 129 cm³/mol. The Labute approximate surface area is 211 Å². The van der Waals surface area contributed by atoms with E-state index in [1.807, 2.05) is 12.3 Å². The summed E-state index contributed by atoms with van der Waals surface area (Å²) in [6, 6.07) is 4.58. The summed E-state index contributed by atoms with van der Waals surface area (Å²) in [5, 5.41) is 3.55. The molecule has 11 heteroatoms. The second-order valence-electron chi connectivity index (χ2n) is 9.03. The zero-order valence-corrected chi connectivity index (χ0v) is 20.9. The SMILES string of the molecule is CC(C)c1cnc(-c2cc(OC[C@@H]3CCOC3)cc(C(=O)N[C@H](C)c3cnc(C(F)(F)F)cn3)c2)s1. The molecule has 4 rings (SSSR count). The molecule has 1 N–H and O–H groups in total. The number of halogens is 3. The second-order valence-corrected chi connectivity index (χ2v) is 10.1. The second kappa shape index (κ2) is 10.9. The summed E-state index contributed by atoms with van der Waals surface area (Å²) < 4.78 is 49.8. The lowest BCUT2D eigenvalue weighted by Gasteiger charge is -2.16. The average Bonchev–Trinajstić information content (AvgIpc) is 3.54. The third-order valence-corrected chi connectivity index (χ3v) is 7.12. The molecule has 0 bridgehead atoms. The summed E-state index contributed by atoms with van der Waals surface area (Å²) in [6.07, 6.45) is -0.148. The molecule has 0 spiro atoms. The molecular weight excluding hydrogens is 493 g/mol. The minimum absolute atomic E-state index is 0.215. The van der Waals surface area contributed by atoms with Crippen LogP contribution >= 0.6 is 11.3 Å². The Kier molecular flexibility index (Phi) is 7.89. The van der Waals surface area contributed by atoms with Crippen LogP contribution in [0.1, 0.15) is 65.8 Å². The molecule has 192 valence electrons. The van der Waals surface area contributed by atoms with Gasteiger partial charge in [0.25, 0.3) is 5.91 Å². The highest BCUT2D eigenvalue weighted by Gasteiger charge is 2.33. The Morgan fingerprint density at radius 3 is 2.58 bits per heavy atom. The van der Waals surface area contributed by atoms with E-state index in [2.05, 4.69) is 34.1 Å². The summed E-state index contributed by atoms with van der Waals surface area (Å²) in [6.45, 7) is 7.63. The van der Waals surface area contributed by atoms with Gasteiger partial charge in [-0.05, 0) is 37.5 Å². The Morgan fingerprint density at radius 1 is 1.17 bits per heavy atom. The van der Waals surface area contributed by atoms with Crippen LogP contribution < -0.4 is 10.1 Å². The van der Waals surface area contributed by atoms with Gasteiger partial charge in [-0.3, -0.25) is 9.78 Å². The number of nitrogens with zero attached hydrogens (tertiary/aromatic N) is 3. The van der Waals surface area contributed by atoms with Crippen molar-refractivity contribution in [3.63, 3.8) is 0 Å². The Morgan fingerprint density at radius 2 is 1.97 bits per heavy atom. The van der Waals surface area contributed by atoms with Gasteiger partial charge in [-0.15, -0.1) is 11.3 Å². The maximum Gasteiger partial charge on any atom is 0.434 e. The van der Waals surface area contributed by atoms with Crippen LogP contribution in [0, 0.1) is 5.92 Å². The number of thiazole rings is 1. The van der Waals surface area contributed by atoms with Crippen LogP contribution in [0.25, 0.3) is 10.6 Å². The van der Waals surface area contributed by atoms with Crippen molar-refractivity contribution in [1.82, 2.24) is 20.3 Å². The smallest absolute Gasteiger partial charge is 0.434 e. The van der Waals surface area contributed by atoms with Crippen LogP contribution in [-0.2, 0) is 10.9 Å². The Bertz CT molecular complexity index is 1190. The Balaban J connectivity index is 1.55. The topological polar surface area (TPSA) is 86.2 Å². The first-order chi connectivity index (χ1) is 17.1. The third-order valence-electron chi connectivity index (χ3n) is 5.77. The molecule has 1 fully saturated rings. The first kappa shape index (κ1) is 26.0. The van der Waals surface area contributed by atoms with Gasteiger partial charge in [0.1, 0.15) is 10.8 Å². The normalized spacial score (nSPS) is 16.8. The number of amides is 1. The van der Waals surface area contributed by atoms with Gasteiger partial charge < -0.3 is 14.8 Å². The number of carbonyl (C=O) groups excluding carboxylic acids is 1. The fourth-order valence-electron chi connectivity index (χ4n) is 3.61. The summed E-state index contributed by atoms with van der Waals surface area (Å²) in [7, 11) is 0. The van der Waals surface area contributed by atoms with Gasteiger partial charge in [0.15, 0.2) is 5.69 Å². The molecule has 3 heterocycles. The van der Waals surface area contributed by atoms with Crippen molar-refractivity contribution in [2.75, 3.05) is 19.8 Å². The molecule has 1 aliphatic rings. The first-order valence-corrected chi connectivity index (χ1v) is 12.4. The number of aromatic nitrogens is 3. The minimum atomic E-state index is -4.58. The molecule has 1 aliphatic heterocycles. The summed E-state index contributed by atoms with van der Waals surface area (Å²) in [4.78, 5) is 26.0. The van der Waals surface area contributed by atoms with Crippen molar-refractivity contribution in [3.8, 4) is 16.3 Å². The molecule has 3 aromatic rings. The highest BCUT2D eigenvalue weighted by Crippen LogP contribution is 2.33. The van der Waals surface area contributed by atoms with E-state index >= 15 is 0 Å². The van der Waals surface area contributed by atoms with Crippen LogP contribution in [0.3, 0.4) is 0 Å². The lowest BCUT2D eigenvalue weighted by molar-refractivity contribution is -0.141. The van der Waals surface area contributed by atoms with Crippen LogP contribution in [0.4, 0.5) is 13.2 Å². The number of hydrogen-bond acceptors (Lipinski definition) is 7. The van der Waals surface area contributed by atoms with Crippen LogP contribution in [-0.4, -0.2) is 40.7 Å². The van der Waals surface area contributed by atoms with E-state index < -0.39 is 23.8 Å². The molecule has 1 saturated heterocycles. The zero-order valence-electron chi connectivity index (χ0n) is 20.1. The predicted octanol–water partition coefficient (Wildman–Crippen LogP) is 5.65. The lowest BCUT2D eigenvalue weighted by Crippen LogP contribution is -2.27. The van der Waals surface area contributed by atoms with Crippen molar-refractivity contribution in [2.45, 2.75) is 45.3 Å². The molecule has 0 unspecified atom stereocenters. The van der Waals surface area contributed by atoms with Gasteiger partial charge in [-0.1, -0.05) is 13.8 Å². The largest absolute Gasteiger partial charge is 0.493 e. The summed E-state index contributed by atoms with van der Waals surface area (Å²) in [5.41, 5.74) is 0.222. The highest BCUT2D eigenvalue weighted by molar-refractivity contribution is 7.15. The van der Waals surface area contributed by atoms with Crippen LogP contribution in [0.2, 0.25) is 0 Å². The van der Waals surface area contributed by atoms with Gasteiger partial charge in [0.05, 0.1) is 37.3 Å². The molecule has 0 aliphatic carbocycles.